The standard InChI is InChI=1S/C30H48O3/c1-9-21(2)13-10-14-22(3)15-11-16-23(4)17-12-19-30(8,33)20-18-27-26(7)28(31)24(5)25(6)29(27)32/h13,15,17,31-33H,9-12,14,16,18-20H2,1-8H3/b21-13+,22-15+,23-17+. The van der Waals surface area contributed by atoms with Crippen LogP contribution in [0.1, 0.15) is 108 Å². The highest BCUT2D eigenvalue weighted by atomic mass is 16.3. The predicted molar refractivity (Wildman–Crippen MR) is 142 cm³/mol. The van der Waals surface area contributed by atoms with Crippen molar-refractivity contribution in [3.05, 3.63) is 57.2 Å². The Labute approximate surface area is 203 Å². The summed E-state index contributed by atoms with van der Waals surface area (Å²) >= 11 is 0. The summed E-state index contributed by atoms with van der Waals surface area (Å²) in [7, 11) is 0. The molecule has 0 spiro atoms. The highest BCUT2D eigenvalue weighted by Crippen LogP contribution is 2.37. The van der Waals surface area contributed by atoms with E-state index in [0.29, 0.717) is 30.4 Å². The van der Waals surface area contributed by atoms with E-state index in [0.717, 1.165) is 49.7 Å². The van der Waals surface area contributed by atoms with Crippen LogP contribution in [0.3, 0.4) is 0 Å². The molecule has 0 bridgehead atoms. The summed E-state index contributed by atoms with van der Waals surface area (Å²) in [6.45, 7) is 16.1. The van der Waals surface area contributed by atoms with E-state index in [1.807, 2.05) is 27.7 Å². The molecule has 1 aromatic carbocycles. The van der Waals surface area contributed by atoms with Gasteiger partial charge in [-0.1, -0.05) is 41.9 Å². The zero-order valence-electron chi connectivity index (χ0n) is 22.4. The lowest BCUT2D eigenvalue weighted by atomic mass is 9.88. The van der Waals surface area contributed by atoms with Crippen LogP contribution in [-0.4, -0.2) is 20.9 Å². The van der Waals surface area contributed by atoms with E-state index < -0.39 is 5.60 Å². The Bertz CT molecular complexity index is 840. The van der Waals surface area contributed by atoms with Gasteiger partial charge in [0.2, 0.25) is 0 Å². The first kappa shape index (κ1) is 29.0. The molecule has 0 amide bonds. The van der Waals surface area contributed by atoms with Crippen LogP contribution < -0.4 is 0 Å². The molecule has 3 heteroatoms. The molecule has 3 nitrogen and oxygen atoms in total. The number of benzene rings is 1. The molecule has 0 aliphatic carbocycles. The van der Waals surface area contributed by atoms with Crippen molar-refractivity contribution < 1.29 is 15.3 Å². The third-order valence-corrected chi connectivity index (χ3v) is 7.08. The van der Waals surface area contributed by atoms with Crippen LogP contribution in [0.15, 0.2) is 34.9 Å². The van der Waals surface area contributed by atoms with Crippen molar-refractivity contribution in [2.75, 3.05) is 0 Å². The molecule has 0 heterocycles. The smallest absolute Gasteiger partial charge is 0.122 e. The van der Waals surface area contributed by atoms with Crippen molar-refractivity contribution in [3.63, 3.8) is 0 Å². The van der Waals surface area contributed by atoms with Crippen molar-refractivity contribution in [2.45, 2.75) is 119 Å². The topological polar surface area (TPSA) is 60.7 Å². The molecular formula is C30H48O3. The van der Waals surface area contributed by atoms with Gasteiger partial charge in [0.1, 0.15) is 11.5 Å². The summed E-state index contributed by atoms with van der Waals surface area (Å²) < 4.78 is 0. The fraction of sp³-hybridized carbons (Fsp3) is 0.600. The Balaban J connectivity index is 2.51. The third kappa shape index (κ3) is 9.80. The summed E-state index contributed by atoms with van der Waals surface area (Å²) in [5.41, 5.74) is 6.36. The number of phenolic OH excluding ortho intramolecular Hbond substituents is 2. The minimum absolute atomic E-state index is 0.245. The van der Waals surface area contributed by atoms with Gasteiger partial charge in [0.05, 0.1) is 5.60 Å². The van der Waals surface area contributed by atoms with Crippen LogP contribution in [0.4, 0.5) is 0 Å². The summed E-state index contributed by atoms with van der Waals surface area (Å²) in [6, 6.07) is 0. The highest BCUT2D eigenvalue weighted by molar-refractivity contribution is 5.56. The number of aliphatic hydroxyl groups is 1. The average molecular weight is 457 g/mol. The van der Waals surface area contributed by atoms with Crippen LogP contribution >= 0.6 is 0 Å². The summed E-state index contributed by atoms with van der Waals surface area (Å²) in [4.78, 5) is 0. The summed E-state index contributed by atoms with van der Waals surface area (Å²) in [5, 5.41) is 31.7. The molecule has 0 aliphatic heterocycles. The van der Waals surface area contributed by atoms with Crippen molar-refractivity contribution in [1.82, 2.24) is 0 Å². The van der Waals surface area contributed by atoms with Crippen LogP contribution in [0.25, 0.3) is 0 Å². The zero-order chi connectivity index (χ0) is 25.2. The van der Waals surface area contributed by atoms with Gasteiger partial charge < -0.3 is 15.3 Å². The average Bonchev–Trinajstić information content (AvgIpc) is 2.76. The van der Waals surface area contributed by atoms with Crippen molar-refractivity contribution in [3.8, 4) is 11.5 Å². The second-order valence-electron chi connectivity index (χ2n) is 10.2. The van der Waals surface area contributed by atoms with E-state index in [-0.39, 0.29) is 11.5 Å². The third-order valence-electron chi connectivity index (χ3n) is 7.08. The van der Waals surface area contributed by atoms with Gasteiger partial charge in [-0.2, -0.15) is 0 Å². The molecule has 1 rings (SSSR count). The number of phenols is 2. The molecule has 1 unspecified atom stereocenters. The van der Waals surface area contributed by atoms with Crippen molar-refractivity contribution in [2.24, 2.45) is 0 Å². The summed E-state index contributed by atoms with van der Waals surface area (Å²) in [5.74, 6) is 0.490. The molecule has 3 N–H and O–H groups in total. The molecule has 0 aromatic heterocycles. The molecule has 1 aromatic rings. The molecule has 0 saturated carbocycles. The number of hydrogen-bond donors (Lipinski definition) is 3. The molecule has 0 saturated heterocycles. The minimum Gasteiger partial charge on any atom is -0.507 e. The first-order valence-corrected chi connectivity index (χ1v) is 12.6. The van der Waals surface area contributed by atoms with Gasteiger partial charge in [0.15, 0.2) is 0 Å². The first-order valence-electron chi connectivity index (χ1n) is 12.6. The zero-order valence-corrected chi connectivity index (χ0v) is 22.4. The normalized spacial score (nSPS) is 15.1. The van der Waals surface area contributed by atoms with Gasteiger partial charge in [-0.3, -0.25) is 0 Å². The second-order valence-corrected chi connectivity index (χ2v) is 10.2. The molecule has 33 heavy (non-hydrogen) atoms. The molecule has 0 fully saturated rings. The number of allylic oxidation sites excluding steroid dienone is 6. The van der Waals surface area contributed by atoms with E-state index in [2.05, 4.69) is 45.9 Å². The van der Waals surface area contributed by atoms with E-state index in [9.17, 15) is 15.3 Å². The predicted octanol–water partition coefficient (Wildman–Crippen LogP) is 8.30. The minimum atomic E-state index is -0.815. The SMILES string of the molecule is CC/C(C)=C/CC/C(C)=C/CC/C(C)=C/CCC(C)(O)CCc1c(C)c(O)c(C)c(C)c1O. The van der Waals surface area contributed by atoms with Gasteiger partial charge >= 0.3 is 0 Å². The largest absolute Gasteiger partial charge is 0.507 e. The van der Waals surface area contributed by atoms with Gasteiger partial charge in [0.25, 0.3) is 0 Å². The van der Waals surface area contributed by atoms with E-state index in [4.69, 9.17) is 0 Å². The molecule has 0 aliphatic rings. The molecule has 186 valence electrons. The summed E-state index contributed by atoms with van der Waals surface area (Å²) in [6.07, 6.45) is 15.1. The van der Waals surface area contributed by atoms with Crippen LogP contribution in [0.2, 0.25) is 0 Å². The van der Waals surface area contributed by atoms with Gasteiger partial charge in [0, 0.05) is 5.56 Å². The maximum absolute atomic E-state index is 10.9. The lowest BCUT2D eigenvalue weighted by Crippen LogP contribution is -2.24. The van der Waals surface area contributed by atoms with Crippen molar-refractivity contribution >= 4 is 0 Å². The maximum Gasteiger partial charge on any atom is 0.122 e. The Kier molecular flexibility index (Phi) is 12.0. The number of rotatable bonds is 13. The highest BCUT2D eigenvalue weighted by Gasteiger charge is 2.23. The van der Waals surface area contributed by atoms with Crippen LogP contribution in [0.5, 0.6) is 11.5 Å². The lowest BCUT2D eigenvalue weighted by molar-refractivity contribution is 0.0431. The van der Waals surface area contributed by atoms with E-state index >= 15 is 0 Å². The lowest BCUT2D eigenvalue weighted by Gasteiger charge is -2.24. The molecular weight excluding hydrogens is 408 g/mol. The van der Waals surface area contributed by atoms with E-state index in [1.165, 1.54) is 16.7 Å². The fourth-order valence-electron chi connectivity index (χ4n) is 4.08. The van der Waals surface area contributed by atoms with Crippen LogP contribution in [0, 0.1) is 20.8 Å². The van der Waals surface area contributed by atoms with Crippen molar-refractivity contribution in [1.29, 1.82) is 0 Å². The fourth-order valence-corrected chi connectivity index (χ4v) is 4.08. The van der Waals surface area contributed by atoms with Gasteiger partial charge in [-0.05, 0) is 123 Å². The quantitative estimate of drug-likeness (QED) is 0.207. The maximum atomic E-state index is 10.9. The van der Waals surface area contributed by atoms with Crippen LogP contribution in [-0.2, 0) is 6.42 Å². The van der Waals surface area contributed by atoms with Gasteiger partial charge in [-0.25, -0.2) is 0 Å². The Hall–Kier alpha value is -2.00. The monoisotopic (exact) mass is 456 g/mol. The Morgan fingerprint density at radius 3 is 1.76 bits per heavy atom. The van der Waals surface area contributed by atoms with Gasteiger partial charge in [-0.15, -0.1) is 0 Å². The Morgan fingerprint density at radius 2 is 1.21 bits per heavy atom. The first-order chi connectivity index (χ1) is 15.4. The molecule has 1 atom stereocenters. The number of aromatic hydroxyl groups is 2. The number of hydrogen-bond acceptors (Lipinski definition) is 3. The molecule has 0 radical (unpaired) electrons. The van der Waals surface area contributed by atoms with E-state index in [1.54, 1.807) is 0 Å². The second kappa shape index (κ2) is 13.6. The Morgan fingerprint density at radius 1 is 0.727 bits per heavy atom.